The summed E-state index contributed by atoms with van der Waals surface area (Å²) in [5, 5.41) is 4.90. The number of ether oxygens (including phenoxy) is 1. The number of nitrogens with zero attached hydrogens (tertiary/aromatic N) is 2. The molecule has 2 heterocycles. The number of carbonyl (C=O) groups excluding carboxylic acids is 1. The van der Waals surface area contributed by atoms with E-state index >= 15 is 0 Å². The van der Waals surface area contributed by atoms with E-state index in [-0.39, 0.29) is 17.7 Å². The van der Waals surface area contributed by atoms with Crippen LogP contribution in [0, 0.1) is 6.92 Å². The zero-order valence-corrected chi connectivity index (χ0v) is 10.6. The van der Waals surface area contributed by atoms with E-state index in [1.54, 1.807) is 11.6 Å². The quantitative estimate of drug-likeness (QED) is 0.830. The van der Waals surface area contributed by atoms with Crippen LogP contribution in [0.2, 0.25) is 0 Å². The zero-order chi connectivity index (χ0) is 13.3. The van der Waals surface area contributed by atoms with Crippen molar-refractivity contribution < 1.29 is 9.53 Å². The highest BCUT2D eigenvalue weighted by Gasteiger charge is 2.18. The van der Waals surface area contributed by atoms with E-state index in [0.29, 0.717) is 17.6 Å². The number of aromatic amines is 1. The largest absolute Gasteiger partial charge is 0.462 e. The van der Waals surface area contributed by atoms with Crippen molar-refractivity contribution >= 4 is 17.0 Å². The summed E-state index contributed by atoms with van der Waals surface area (Å²) in [6.07, 6.45) is 0. The van der Waals surface area contributed by atoms with E-state index < -0.39 is 5.97 Å². The molecule has 0 aliphatic carbocycles. The molecule has 0 bridgehead atoms. The first kappa shape index (κ1) is 12.3. The van der Waals surface area contributed by atoms with E-state index in [4.69, 9.17) is 4.74 Å². The van der Waals surface area contributed by atoms with E-state index in [0.717, 1.165) is 5.69 Å². The number of H-pyrrole nitrogens is 1. The predicted molar refractivity (Wildman–Crippen MR) is 66.7 cm³/mol. The first-order chi connectivity index (χ1) is 8.58. The zero-order valence-electron chi connectivity index (χ0n) is 10.6. The normalized spacial score (nSPS) is 10.8. The molecule has 18 heavy (non-hydrogen) atoms. The van der Waals surface area contributed by atoms with Crippen molar-refractivity contribution in [2.24, 2.45) is 0 Å². The number of carbonyl (C=O) groups is 1. The Hall–Kier alpha value is -2.11. The summed E-state index contributed by atoms with van der Waals surface area (Å²) in [5.41, 5.74) is 1.18. The van der Waals surface area contributed by atoms with Crippen molar-refractivity contribution in [2.75, 3.05) is 6.61 Å². The van der Waals surface area contributed by atoms with Crippen LogP contribution in [0.25, 0.3) is 11.0 Å². The van der Waals surface area contributed by atoms with Crippen molar-refractivity contribution in [3.63, 3.8) is 0 Å². The number of rotatable bonds is 3. The third-order valence-corrected chi connectivity index (χ3v) is 2.79. The predicted octanol–water partition coefficient (Wildman–Crippen LogP) is 1.23. The second-order valence-corrected chi connectivity index (χ2v) is 3.89. The van der Waals surface area contributed by atoms with Crippen molar-refractivity contribution in [3.8, 4) is 0 Å². The molecule has 0 saturated heterocycles. The third kappa shape index (κ3) is 1.90. The molecule has 6 nitrogen and oxygen atoms in total. The van der Waals surface area contributed by atoms with Gasteiger partial charge in [0, 0.05) is 18.3 Å². The minimum Gasteiger partial charge on any atom is -0.462 e. The van der Waals surface area contributed by atoms with Crippen LogP contribution < -0.4 is 5.56 Å². The Balaban J connectivity index is 2.75. The number of aryl methyl sites for hydroxylation is 2. The number of nitrogens with one attached hydrogen (secondary N) is 1. The van der Waals surface area contributed by atoms with Crippen LogP contribution in [-0.4, -0.2) is 27.3 Å². The first-order valence-electron chi connectivity index (χ1n) is 5.86. The molecule has 2 aromatic rings. The monoisotopic (exact) mass is 249 g/mol. The second-order valence-electron chi connectivity index (χ2n) is 3.89. The maximum Gasteiger partial charge on any atom is 0.339 e. The van der Waals surface area contributed by atoms with Gasteiger partial charge in [-0.3, -0.25) is 9.48 Å². The minimum absolute atomic E-state index is 0.271. The highest BCUT2D eigenvalue weighted by atomic mass is 16.5. The lowest BCUT2D eigenvalue weighted by Crippen LogP contribution is -2.12. The summed E-state index contributed by atoms with van der Waals surface area (Å²) in [6.45, 7) is 6.48. The first-order valence-corrected chi connectivity index (χ1v) is 5.86. The van der Waals surface area contributed by atoms with Gasteiger partial charge in [-0.1, -0.05) is 0 Å². The van der Waals surface area contributed by atoms with Gasteiger partial charge in [0.15, 0.2) is 5.65 Å². The highest BCUT2D eigenvalue weighted by molar-refractivity contribution is 6.03. The maximum absolute atomic E-state index is 11.8. The maximum atomic E-state index is 11.8. The summed E-state index contributed by atoms with van der Waals surface area (Å²) < 4.78 is 6.70. The van der Waals surface area contributed by atoms with Gasteiger partial charge in [-0.15, -0.1) is 0 Å². The Morgan fingerprint density at radius 3 is 2.83 bits per heavy atom. The molecule has 0 unspecified atom stereocenters. The lowest BCUT2D eigenvalue weighted by atomic mass is 10.1. The van der Waals surface area contributed by atoms with Crippen molar-refractivity contribution in [2.45, 2.75) is 27.3 Å². The van der Waals surface area contributed by atoms with Gasteiger partial charge in [-0.25, -0.2) is 4.79 Å². The molecular formula is C12H15N3O3. The molecule has 0 aliphatic rings. The van der Waals surface area contributed by atoms with Crippen molar-refractivity contribution in [1.82, 2.24) is 14.8 Å². The minimum atomic E-state index is -0.493. The van der Waals surface area contributed by atoms with E-state index in [2.05, 4.69) is 10.1 Å². The van der Waals surface area contributed by atoms with Gasteiger partial charge in [-0.2, -0.15) is 5.10 Å². The van der Waals surface area contributed by atoms with Crippen LogP contribution >= 0.6 is 0 Å². The van der Waals surface area contributed by atoms with E-state index in [1.807, 2.05) is 13.8 Å². The lowest BCUT2D eigenvalue weighted by Gasteiger charge is -2.03. The van der Waals surface area contributed by atoms with Gasteiger partial charge in [-0.05, 0) is 20.8 Å². The topological polar surface area (TPSA) is 77.0 Å². The fraction of sp³-hybridized carbons (Fsp3) is 0.417. The summed E-state index contributed by atoms with van der Waals surface area (Å²) >= 11 is 0. The van der Waals surface area contributed by atoms with E-state index in [1.165, 1.54) is 6.07 Å². The van der Waals surface area contributed by atoms with Crippen LogP contribution in [-0.2, 0) is 11.3 Å². The SMILES string of the molecule is CCOC(=O)c1cc(=O)[nH]c2nn(CC)c(C)c12. The fourth-order valence-corrected chi connectivity index (χ4v) is 1.99. The highest BCUT2D eigenvalue weighted by Crippen LogP contribution is 2.19. The average Bonchev–Trinajstić information content (AvgIpc) is 2.65. The van der Waals surface area contributed by atoms with Gasteiger partial charge < -0.3 is 9.72 Å². The summed E-state index contributed by atoms with van der Waals surface area (Å²) in [5.74, 6) is -0.493. The molecule has 96 valence electrons. The van der Waals surface area contributed by atoms with Crippen molar-refractivity contribution in [3.05, 3.63) is 27.7 Å². The van der Waals surface area contributed by atoms with Crippen molar-refractivity contribution in [1.29, 1.82) is 0 Å². The molecule has 0 spiro atoms. The number of esters is 1. The average molecular weight is 249 g/mol. The van der Waals surface area contributed by atoms with Crippen LogP contribution in [0.1, 0.15) is 29.9 Å². The number of fused-ring (bicyclic) bond motifs is 1. The van der Waals surface area contributed by atoms with Gasteiger partial charge in [0.05, 0.1) is 17.6 Å². The van der Waals surface area contributed by atoms with Gasteiger partial charge in [0.1, 0.15) is 0 Å². The number of pyridine rings is 1. The van der Waals surface area contributed by atoms with Gasteiger partial charge in [0.2, 0.25) is 5.56 Å². The van der Waals surface area contributed by atoms with Crippen LogP contribution in [0.4, 0.5) is 0 Å². The molecule has 0 aromatic carbocycles. The number of hydrogen-bond acceptors (Lipinski definition) is 4. The van der Waals surface area contributed by atoms with Crippen LogP contribution in [0.5, 0.6) is 0 Å². The van der Waals surface area contributed by atoms with Gasteiger partial charge in [0.25, 0.3) is 0 Å². The lowest BCUT2D eigenvalue weighted by molar-refractivity contribution is 0.0528. The number of hydrogen-bond donors (Lipinski definition) is 1. The molecule has 0 radical (unpaired) electrons. The fourth-order valence-electron chi connectivity index (χ4n) is 1.99. The van der Waals surface area contributed by atoms with Crippen LogP contribution in [0.3, 0.4) is 0 Å². The Morgan fingerprint density at radius 2 is 2.22 bits per heavy atom. The molecule has 1 N–H and O–H groups in total. The molecule has 6 heteroatoms. The van der Waals surface area contributed by atoms with Crippen LogP contribution in [0.15, 0.2) is 10.9 Å². The molecule has 2 aromatic heterocycles. The molecule has 2 rings (SSSR count). The molecule has 0 fully saturated rings. The molecule has 0 atom stereocenters. The third-order valence-electron chi connectivity index (χ3n) is 2.79. The Labute approximate surface area is 104 Å². The summed E-state index contributed by atoms with van der Waals surface area (Å²) in [4.78, 5) is 26.0. The molecule has 0 saturated carbocycles. The summed E-state index contributed by atoms with van der Waals surface area (Å²) in [7, 11) is 0. The molecule has 0 amide bonds. The smallest absolute Gasteiger partial charge is 0.339 e. The second kappa shape index (κ2) is 4.64. The van der Waals surface area contributed by atoms with E-state index in [9.17, 15) is 9.59 Å². The Morgan fingerprint density at radius 1 is 1.50 bits per heavy atom. The Bertz CT molecular complexity index is 654. The number of aromatic nitrogens is 3. The Kier molecular flexibility index (Phi) is 3.18. The molecular weight excluding hydrogens is 234 g/mol. The molecule has 0 aliphatic heterocycles. The van der Waals surface area contributed by atoms with Gasteiger partial charge >= 0.3 is 5.97 Å². The standard InChI is InChI=1S/C12H15N3O3/c1-4-15-7(3)10-8(12(17)18-5-2)6-9(16)13-11(10)14-15/h6H,4-5H2,1-3H3,(H,13,14,16). The summed E-state index contributed by atoms with van der Waals surface area (Å²) in [6, 6.07) is 1.26.